The van der Waals surface area contributed by atoms with Crippen LogP contribution in [0.15, 0.2) is 18.3 Å². The number of hydrogen-bond acceptors (Lipinski definition) is 5. The van der Waals surface area contributed by atoms with Gasteiger partial charge in [0.15, 0.2) is 5.82 Å². The number of halogens is 1. The second-order valence-electron chi connectivity index (χ2n) is 6.40. The minimum atomic E-state index is 0.665. The van der Waals surface area contributed by atoms with Crippen molar-refractivity contribution in [1.82, 2.24) is 15.2 Å². The van der Waals surface area contributed by atoms with Crippen LogP contribution >= 0.6 is 11.6 Å². The fourth-order valence-electron chi connectivity index (χ4n) is 3.06. The van der Waals surface area contributed by atoms with Crippen LogP contribution < -0.4 is 10.2 Å². The van der Waals surface area contributed by atoms with Crippen LogP contribution in [0.2, 0.25) is 5.02 Å². The number of piperidine rings is 1. The fraction of sp³-hybridized carbons (Fsp3) is 0.471. The molecule has 1 aromatic heterocycles. The highest BCUT2D eigenvalue weighted by atomic mass is 35.5. The first-order valence-corrected chi connectivity index (χ1v) is 8.39. The molecule has 6 heteroatoms. The van der Waals surface area contributed by atoms with Crippen molar-refractivity contribution in [3.05, 3.63) is 34.5 Å². The highest BCUT2D eigenvalue weighted by Crippen LogP contribution is 2.30. The van der Waals surface area contributed by atoms with E-state index in [0.29, 0.717) is 22.7 Å². The summed E-state index contributed by atoms with van der Waals surface area (Å²) < 4.78 is 0. The number of nitrogens with one attached hydrogen (secondary N) is 1. The molecule has 0 amide bonds. The van der Waals surface area contributed by atoms with Gasteiger partial charge in [-0.05, 0) is 49.8 Å². The van der Waals surface area contributed by atoms with Crippen molar-refractivity contribution in [2.24, 2.45) is 5.92 Å². The van der Waals surface area contributed by atoms with E-state index >= 15 is 0 Å². The second-order valence-corrected chi connectivity index (χ2v) is 6.81. The van der Waals surface area contributed by atoms with E-state index in [1.165, 1.54) is 12.8 Å². The zero-order valence-electron chi connectivity index (χ0n) is 13.8. The predicted molar refractivity (Wildman–Crippen MR) is 94.6 cm³/mol. The third-order valence-electron chi connectivity index (χ3n) is 4.17. The summed E-state index contributed by atoms with van der Waals surface area (Å²) in [4.78, 5) is 6.82. The first-order chi connectivity index (χ1) is 11.0. The van der Waals surface area contributed by atoms with Crippen LogP contribution in [0.1, 0.15) is 30.9 Å². The Kier molecular flexibility index (Phi) is 4.66. The SMILES string of the molecule is Cc1cc(C)c(Nc2cnnc(N3CCCC(C)C3)n2)c(Cl)c1. The molecule has 0 radical (unpaired) electrons. The average Bonchev–Trinajstić information content (AvgIpc) is 2.51. The third kappa shape index (κ3) is 3.72. The Morgan fingerprint density at radius 3 is 2.87 bits per heavy atom. The molecule has 23 heavy (non-hydrogen) atoms. The summed E-state index contributed by atoms with van der Waals surface area (Å²) in [6.07, 6.45) is 4.07. The van der Waals surface area contributed by atoms with Gasteiger partial charge in [-0.15, -0.1) is 5.10 Å². The molecule has 1 saturated heterocycles. The highest BCUT2D eigenvalue weighted by molar-refractivity contribution is 6.33. The van der Waals surface area contributed by atoms with E-state index in [1.54, 1.807) is 6.20 Å². The lowest BCUT2D eigenvalue weighted by atomic mass is 10.0. The lowest BCUT2D eigenvalue weighted by molar-refractivity contribution is 0.441. The summed E-state index contributed by atoms with van der Waals surface area (Å²) in [7, 11) is 0. The van der Waals surface area contributed by atoms with Gasteiger partial charge in [-0.1, -0.05) is 24.6 Å². The normalized spacial score (nSPS) is 18.1. The Labute approximate surface area is 142 Å². The van der Waals surface area contributed by atoms with Crippen LogP contribution in [0.3, 0.4) is 0 Å². The van der Waals surface area contributed by atoms with Crippen molar-refractivity contribution >= 4 is 29.1 Å². The minimum Gasteiger partial charge on any atom is -0.339 e. The van der Waals surface area contributed by atoms with E-state index in [1.807, 2.05) is 19.9 Å². The van der Waals surface area contributed by atoms with Crippen molar-refractivity contribution in [3.63, 3.8) is 0 Å². The van der Waals surface area contributed by atoms with Crippen molar-refractivity contribution in [1.29, 1.82) is 0 Å². The molecule has 3 rings (SSSR count). The largest absolute Gasteiger partial charge is 0.339 e. The molecule has 1 unspecified atom stereocenters. The summed E-state index contributed by atoms with van der Waals surface area (Å²) in [5.41, 5.74) is 3.10. The molecule has 0 saturated carbocycles. The number of nitrogens with zero attached hydrogens (tertiary/aromatic N) is 4. The van der Waals surface area contributed by atoms with Crippen LogP contribution in [0.25, 0.3) is 0 Å². The molecule has 1 fully saturated rings. The van der Waals surface area contributed by atoms with Crippen molar-refractivity contribution in [2.75, 3.05) is 23.3 Å². The second kappa shape index (κ2) is 6.71. The maximum absolute atomic E-state index is 6.36. The van der Waals surface area contributed by atoms with Crippen molar-refractivity contribution < 1.29 is 0 Å². The van der Waals surface area contributed by atoms with Gasteiger partial charge in [-0.25, -0.2) is 0 Å². The van der Waals surface area contributed by atoms with Crippen molar-refractivity contribution in [2.45, 2.75) is 33.6 Å². The minimum absolute atomic E-state index is 0.665. The number of hydrogen-bond donors (Lipinski definition) is 1. The number of aromatic nitrogens is 3. The Balaban J connectivity index is 1.83. The monoisotopic (exact) mass is 331 g/mol. The molecule has 2 aromatic rings. The highest BCUT2D eigenvalue weighted by Gasteiger charge is 2.19. The van der Waals surface area contributed by atoms with E-state index in [0.717, 1.165) is 29.9 Å². The number of aryl methyl sites for hydroxylation is 2. The molecular formula is C17H22ClN5. The Morgan fingerprint density at radius 1 is 1.30 bits per heavy atom. The maximum atomic E-state index is 6.36. The van der Waals surface area contributed by atoms with Crippen LogP contribution in [0.5, 0.6) is 0 Å². The molecular weight excluding hydrogens is 310 g/mol. The van der Waals surface area contributed by atoms with Gasteiger partial charge in [-0.2, -0.15) is 10.1 Å². The Bertz CT molecular complexity index is 680. The third-order valence-corrected chi connectivity index (χ3v) is 4.47. The molecule has 5 nitrogen and oxygen atoms in total. The van der Waals surface area contributed by atoms with Gasteiger partial charge in [0.1, 0.15) is 0 Å². The van der Waals surface area contributed by atoms with E-state index in [9.17, 15) is 0 Å². The fourth-order valence-corrected chi connectivity index (χ4v) is 3.43. The van der Waals surface area contributed by atoms with E-state index in [-0.39, 0.29) is 0 Å². The van der Waals surface area contributed by atoms with Gasteiger partial charge < -0.3 is 10.2 Å². The number of rotatable bonds is 3. The first-order valence-electron chi connectivity index (χ1n) is 8.01. The molecule has 0 spiro atoms. The summed E-state index contributed by atoms with van der Waals surface area (Å²) in [6.45, 7) is 8.29. The van der Waals surface area contributed by atoms with Gasteiger partial charge in [0.05, 0.1) is 16.9 Å². The van der Waals surface area contributed by atoms with E-state index in [4.69, 9.17) is 11.6 Å². The van der Waals surface area contributed by atoms with Gasteiger partial charge >= 0.3 is 0 Å². The maximum Gasteiger partial charge on any atom is 0.247 e. The predicted octanol–water partition coefficient (Wildman–Crippen LogP) is 4.12. The average molecular weight is 332 g/mol. The molecule has 1 N–H and O–H groups in total. The lowest BCUT2D eigenvalue weighted by Crippen LogP contribution is -2.35. The number of benzene rings is 1. The van der Waals surface area contributed by atoms with Crippen molar-refractivity contribution in [3.8, 4) is 0 Å². The molecule has 1 aliphatic heterocycles. The molecule has 122 valence electrons. The van der Waals surface area contributed by atoms with Gasteiger partial charge in [0, 0.05) is 13.1 Å². The molecule has 1 aromatic carbocycles. The molecule has 0 bridgehead atoms. The smallest absolute Gasteiger partial charge is 0.247 e. The molecule has 1 atom stereocenters. The summed E-state index contributed by atoms with van der Waals surface area (Å²) in [6, 6.07) is 4.04. The van der Waals surface area contributed by atoms with Gasteiger partial charge in [-0.3, -0.25) is 0 Å². The van der Waals surface area contributed by atoms with E-state index < -0.39 is 0 Å². The Morgan fingerprint density at radius 2 is 2.13 bits per heavy atom. The standard InChI is InChI=1S/C17H22ClN5/c1-11-5-4-6-23(10-11)17-21-15(9-19-22-17)20-16-13(3)7-12(2)8-14(16)18/h7-9,11H,4-6,10H2,1-3H3,(H,20,21,22). The quantitative estimate of drug-likeness (QED) is 0.916. The van der Waals surface area contributed by atoms with Crippen LogP contribution in [0, 0.1) is 19.8 Å². The topological polar surface area (TPSA) is 53.9 Å². The van der Waals surface area contributed by atoms with E-state index in [2.05, 4.69) is 38.4 Å². The Hall–Kier alpha value is -1.88. The molecule has 0 aliphatic carbocycles. The van der Waals surface area contributed by atoms with Gasteiger partial charge in [0.2, 0.25) is 5.95 Å². The number of anilines is 3. The first kappa shape index (κ1) is 16.0. The van der Waals surface area contributed by atoms with Crippen LogP contribution in [-0.2, 0) is 0 Å². The van der Waals surface area contributed by atoms with Crippen LogP contribution in [-0.4, -0.2) is 28.3 Å². The summed E-state index contributed by atoms with van der Waals surface area (Å²) in [5.74, 6) is 2.02. The zero-order valence-corrected chi connectivity index (χ0v) is 14.6. The molecule has 1 aliphatic rings. The van der Waals surface area contributed by atoms with Gasteiger partial charge in [0.25, 0.3) is 0 Å². The summed E-state index contributed by atoms with van der Waals surface area (Å²) in [5, 5.41) is 12.3. The lowest BCUT2D eigenvalue weighted by Gasteiger charge is -2.30. The van der Waals surface area contributed by atoms with Crippen LogP contribution in [0.4, 0.5) is 17.5 Å². The summed E-state index contributed by atoms with van der Waals surface area (Å²) >= 11 is 6.36. The zero-order chi connectivity index (χ0) is 16.4. The molecule has 2 heterocycles.